The molecule has 0 radical (unpaired) electrons. The molecule has 0 heterocycles. The van der Waals surface area contributed by atoms with Crippen molar-refractivity contribution in [1.82, 2.24) is 10.6 Å². The van der Waals surface area contributed by atoms with E-state index in [2.05, 4.69) is 10.6 Å². The Labute approximate surface area is 168 Å². The number of fused-ring (bicyclic) bond motifs is 1. The van der Waals surface area contributed by atoms with Gasteiger partial charge >= 0.3 is 0 Å². The first-order chi connectivity index (χ1) is 13.5. The first-order valence-electron chi connectivity index (χ1n) is 8.87. The molecule has 0 spiro atoms. The molecule has 1 atom stereocenters. The zero-order valence-corrected chi connectivity index (χ0v) is 16.4. The number of carbonyl (C=O) groups excluding carboxylic acids is 2. The summed E-state index contributed by atoms with van der Waals surface area (Å²) in [5.74, 6) is 0.153. The molecule has 28 heavy (non-hydrogen) atoms. The number of benzene rings is 3. The number of ether oxygens (including phenoxy) is 1. The lowest BCUT2D eigenvalue weighted by atomic mass is 10.1. The number of amides is 2. The largest absolute Gasteiger partial charge is 0.497 e. The summed E-state index contributed by atoms with van der Waals surface area (Å²) in [6.45, 7) is 2.00. The van der Waals surface area contributed by atoms with E-state index in [0.29, 0.717) is 17.1 Å². The van der Waals surface area contributed by atoms with Crippen LogP contribution in [0.5, 0.6) is 5.75 Å². The summed E-state index contributed by atoms with van der Waals surface area (Å²) < 4.78 is 5.23. The summed E-state index contributed by atoms with van der Waals surface area (Å²) in [5, 5.41) is 7.99. The van der Waals surface area contributed by atoms with E-state index in [1.807, 2.05) is 36.4 Å². The SMILES string of the molecule is COc1ccc2cc(CNC(=O)[C@@H](C)NC(=O)c3ccccc3Cl)ccc2c1. The van der Waals surface area contributed by atoms with Crippen LogP contribution in [0.3, 0.4) is 0 Å². The maximum atomic E-state index is 12.3. The van der Waals surface area contributed by atoms with Gasteiger partial charge in [0.2, 0.25) is 5.91 Å². The van der Waals surface area contributed by atoms with Crippen LogP contribution in [0, 0.1) is 0 Å². The molecule has 6 heteroatoms. The second-order valence-electron chi connectivity index (χ2n) is 6.44. The number of methoxy groups -OCH3 is 1. The lowest BCUT2D eigenvalue weighted by molar-refractivity contribution is -0.122. The lowest BCUT2D eigenvalue weighted by Crippen LogP contribution is -2.44. The van der Waals surface area contributed by atoms with Gasteiger partial charge in [-0.05, 0) is 53.6 Å². The fraction of sp³-hybridized carbons (Fsp3) is 0.182. The fourth-order valence-electron chi connectivity index (χ4n) is 2.84. The fourth-order valence-corrected chi connectivity index (χ4v) is 3.06. The molecular weight excluding hydrogens is 376 g/mol. The van der Waals surface area contributed by atoms with Gasteiger partial charge < -0.3 is 15.4 Å². The van der Waals surface area contributed by atoms with Crippen molar-refractivity contribution >= 4 is 34.2 Å². The van der Waals surface area contributed by atoms with Crippen molar-refractivity contribution in [2.45, 2.75) is 19.5 Å². The number of hydrogen-bond acceptors (Lipinski definition) is 3. The third-order valence-electron chi connectivity index (χ3n) is 4.44. The van der Waals surface area contributed by atoms with Gasteiger partial charge in [-0.3, -0.25) is 9.59 Å². The van der Waals surface area contributed by atoms with Crippen LogP contribution in [-0.4, -0.2) is 25.0 Å². The van der Waals surface area contributed by atoms with Gasteiger partial charge in [-0.15, -0.1) is 0 Å². The molecule has 2 N–H and O–H groups in total. The molecule has 0 fully saturated rings. The van der Waals surface area contributed by atoms with Crippen LogP contribution < -0.4 is 15.4 Å². The molecule has 0 saturated heterocycles. The van der Waals surface area contributed by atoms with E-state index in [-0.39, 0.29) is 11.8 Å². The number of halogens is 1. The first-order valence-corrected chi connectivity index (χ1v) is 9.25. The zero-order valence-electron chi connectivity index (χ0n) is 15.7. The minimum absolute atomic E-state index is 0.268. The minimum Gasteiger partial charge on any atom is -0.497 e. The maximum absolute atomic E-state index is 12.3. The van der Waals surface area contributed by atoms with Gasteiger partial charge in [0.15, 0.2) is 0 Å². The van der Waals surface area contributed by atoms with Crippen molar-refractivity contribution in [3.63, 3.8) is 0 Å². The number of nitrogens with one attached hydrogen (secondary N) is 2. The predicted octanol–water partition coefficient (Wildman–Crippen LogP) is 3.94. The van der Waals surface area contributed by atoms with E-state index in [9.17, 15) is 9.59 Å². The van der Waals surface area contributed by atoms with Crippen molar-refractivity contribution in [1.29, 1.82) is 0 Å². The van der Waals surface area contributed by atoms with Gasteiger partial charge in [-0.25, -0.2) is 0 Å². The van der Waals surface area contributed by atoms with Gasteiger partial charge in [0.05, 0.1) is 17.7 Å². The third kappa shape index (κ3) is 4.61. The summed E-state index contributed by atoms with van der Waals surface area (Å²) >= 11 is 6.02. The van der Waals surface area contributed by atoms with Crippen LogP contribution in [0.25, 0.3) is 10.8 Å². The van der Waals surface area contributed by atoms with Crippen molar-refractivity contribution in [2.24, 2.45) is 0 Å². The van der Waals surface area contributed by atoms with Gasteiger partial charge in [0.1, 0.15) is 11.8 Å². The maximum Gasteiger partial charge on any atom is 0.253 e. The van der Waals surface area contributed by atoms with Crippen LogP contribution in [0.4, 0.5) is 0 Å². The average molecular weight is 397 g/mol. The molecule has 0 aliphatic heterocycles. The Kier molecular flexibility index (Phi) is 6.16. The summed E-state index contributed by atoms with van der Waals surface area (Å²) in [5.41, 5.74) is 1.31. The molecule has 5 nitrogen and oxygen atoms in total. The van der Waals surface area contributed by atoms with E-state index in [0.717, 1.165) is 22.1 Å². The van der Waals surface area contributed by atoms with Crippen LogP contribution >= 0.6 is 11.6 Å². The van der Waals surface area contributed by atoms with Crippen molar-refractivity contribution in [3.8, 4) is 5.75 Å². The van der Waals surface area contributed by atoms with E-state index >= 15 is 0 Å². The minimum atomic E-state index is -0.687. The lowest BCUT2D eigenvalue weighted by Gasteiger charge is -2.15. The van der Waals surface area contributed by atoms with E-state index in [1.54, 1.807) is 38.3 Å². The Morgan fingerprint density at radius 1 is 1.04 bits per heavy atom. The van der Waals surface area contributed by atoms with Crippen molar-refractivity contribution in [2.75, 3.05) is 7.11 Å². The predicted molar refractivity (Wildman–Crippen MR) is 111 cm³/mol. The number of carbonyl (C=O) groups is 2. The molecule has 0 unspecified atom stereocenters. The van der Waals surface area contributed by atoms with Crippen LogP contribution in [0.15, 0.2) is 60.7 Å². The van der Waals surface area contributed by atoms with Crippen LogP contribution in [0.2, 0.25) is 5.02 Å². The molecule has 0 bridgehead atoms. The smallest absolute Gasteiger partial charge is 0.253 e. The number of rotatable bonds is 6. The average Bonchev–Trinajstić information content (AvgIpc) is 2.71. The normalized spacial score (nSPS) is 11.7. The van der Waals surface area contributed by atoms with Gasteiger partial charge in [0.25, 0.3) is 5.91 Å². The monoisotopic (exact) mass is 396 g/mol. The summed E-state index contributed by atoms with van der Waals surface area (Å²) in [4.78, 5) is 24.6. The second kappa shape index (κ2) is 8.76. The van der Waals surface area contributed by atoms with Crippen molar-refractivity contribution < 1.29 is 14.3 Å². The molecule has 2 amide bonds. The second-order valence-corrected chi connectivity index (χ2v) is 6.85. The quantitative estimate of drug-likeness (QED) is 0.663. The highest BCUT2D eigenvalue weighted by Crippen LogP contribution is 2.22. The highest BCUT2D eigenvalue weighted by molar-refractivity contribution is 6.33. The highest BCUT2D eigenvalue weighted by atomic mass is 35.5. The Morgan fingerprint density at radius 3 is 2.50 bits per heavy atom. The standard InChI is InChI=1S/C22H21ClN2O3/c1-14(25-22(27)19-5-3-4-6-20(19)23)21(26)24-13-15-7-8-17-12-18(28-2)10-9-16(17)11-15/h3-12,14H,13H2,1-2H3,(H,24,26)(H,25,27)/t14-/m1/s1. The Morgan fingerprint density at radius 2 is 1.75 bits per heavy atom. The molecular formula is C22H21ClN2O3. The molecule has 0 aliphatic rings. The Balaban J connectivity index is 1.59. The first kappa shape index (κ1) is 19.7. The summed E-state index contributed by atoms with van der Waals surface area (Å²) in [6, 6.07) is 17.8. The van der Waals surface area contributed by atoms with Crippen LogP contribution in [0.1, 0.15) is 22.8 Å². The molecule has 3 aromatic rings. The molecule has 3 aromatic carbocycles. The van der Waals surface area contributed by atoms with Gasteiger partial charge in [0, 0.05) is 6.54 Å². The van der Waals surface area contributed by atoms with Crippen molar-refractivity contribution in [3.05, 3.63) is 76.8 Å². The number of hydrogen-bond donors (Lipinski definition) is 2. The van der Waals surface area contributed by atoms with Gasteiger partial charge in [-0.2, -0.15) is 0 Å². The van der Waals surface area contributed by atoms with E-state index in [1.165, 1.54) is 0 Å². The van der Waals surface area contributed by atoms with Gasteiger partial charge in [-0.1, -0.05) is 41.9 Å². The van der Waals surface area contributed by atoms with E-state index in [4.69, 9.17) is 16.3 Å². The van der Waals surface area contributed by atoms with E-state index < -0.39 is 6.04 Å². The molecule has 3 rings (SSSR count). The molecule has 0 saturated carbocycles. The Hall–Kier alpha value is -3.05. The Bertz CT molecular complexity index is 1020. The molecule has 0 aromatic heterocycles. The topological polar surface area (TPSA) is 67.4 Å². The third-order valence-corrected chi connectivity index (χ3v) is 4.77. The molecule has 144 valence electrons. The summed E-state index contributed by atoms with van der Waals surface area (Å²) in [7, 11) is 1.64. The highest BCUT2D eigenvalue weighted by Gasteiger charge is 2.17. The summed E-state index contributed by atoms with van der Waals surface area (Å²) in [6.07, 6.45) is 0. The molecule has 0 aliphatic carbocycles. The van der Waals surface area contributed by atoms with Crippen LogP contribution in [-0.2, 0) is 11.3 Å². The zero-order chi connectivity index (χ0) is 20.1.